The van der Waals surface area contributed by atoms with Gasteiger partial charge in [0.15, 0.2) is 0 Å². The number of amides is 2. The van der Waals surface area contributed by atoms with E-state index < -0.39 is 0 Å². The molecule has 0 spiro atoms. The second-order valence-electron chi connectivity index (χ2n) is 8.50. The minimum absolute atomic E-state index is 0.0801. The highest BCUT2D eigenvalue weighted by Crippen LogP contribution is 2.23. The van der Waals surface area contributed by atoms with Crippen LogP contribution in [0.25, 0.3) is 0 Å². The Bertz CT molecular complexity index is 1130. The van der Waals surface area contributed by atoms with E-state index in [1.807, 2.05) is 48.5 Å². The second-order valence-corrected chi connectivity index (χ2v) is 8.50. The summed E-state index contributed by atoms with van der Waals surface area (Å²) < 4.78 is 5.37. The van der Waals surface area contributed by atoms with Crippen molar-refractivity contribution in [2.75, 3.05) is 37.4 Å². The lowest BCUT2D eigenvalue weighted by atomic mass is 10.0. The molecule has 3 aromatic rings. The molecule has 35 heavy (non-hydrogen) atoms. The maximum atomic E-state index is 12.5. The molecule has 0 aliphatic carbocycles. The molecule has 0 atom stereocenters. The third-order valence-electron chi connectivity index (χ3n) is 6.01. The number of pyridine rings is 1. The predicted molar refractivity (Wildman–Crippen MR) is 137 cm³/mol. The van der Waals surface area contributed by atoms with Gasteiger partial charge in [0.05, 0.1) is 11.3 Å². The number of nitrogens with zero attached hydrogens (tertiary/aromatic N) is 1. The van der Waals surface area contributed by atoms with Crippen LogP contribution in [0.2, 0.25) is 0 Å². The van der Waals surface area contributed by atoms with Crippen molar-refractivity contribution in [3.05, 3.63) is 83.6 Å². The standard InChI is InChI=1S/C27H31N5O3/c1-28-27(34)23-18-30-25(15-24(23)29-16-19-5-3-2-4-6-19)32-22-9-7-21(8-10-22)26(33)31-17-20-11-13-35-14-12-20/h2-10,15,18,20H,11-14,16-17H2,1H3,(H,28,34)(H,31,33)(H2,29,30,32). The van der Waals surface area contributed by atoms with Gasteiger partial charge in [-0.15, -0.1) is 0 Å². The highest BCUT2D eigenvalue weighted by Gasteiger charge is 2.16. The molecule has 2 aromatic carbocycles. The Morgan fingerprint density at radius 3 is 2.46 bits per heavy atom. The normalized spacial score (nSPS) is 13.6. The summed E-state index contributed by atoms with van der Waals surface area (Å²) in [5, 5.41) is 12.3. The van der Waals surface area contributed by atoms with Crippen molar-refractivity contribution in [3.8, 4) is 0 Å². The van der Waals surface area contributed by atoms with E-state index >= 15 is 0 Å². The Hall–Kier alpha value is -3.91. The second kappa shape index (κ2) is 12.0. The largest absolute Gasteiger partial charge is 0.381 e. The molecule has 0 saturated carbocycles. The molecule has 182 valence electrons. The van der Waals surface area contributed by atoms with Crippen LogP contribution in [0.1, 0.15) is 39.1 Å². The summed E-state index contributed by atoms with van der Waals surface area (Å²) in [6.45, 7) is 2.78. The summed E-state index contributed by atoms with van der Waals surface area (Å²) in [5.74, 6) is 0.770. The summed E-state index contributed by atoms with van der Waals surface area (Å²) in [4.78, 5) is 29.2. The molecule has 2 amide bonds. The number of nitrogens with one attached hydrogen (secondary N) is 4. The molecule has 0 unspecified atom stereocenters. The molecule has 1 aromatic heterocycles. The Labute approximate surface area is 205 Å². The van der Waals surface area contributed by atoms with Crippen molar-refractivity contribution in [2.45, 2.75) is 19.4 Å². The molecule has 1 fully saturated rings. The molecular weight excluding hydrogens is 442 g/mol. The fourth-order valence-electron chi connectivity index (χ4n) is 3.92. The van der Waals surface area contributed by atoms with Crippen LogP contribution in [0.3, 0.4) is 0 Å². The minimum Gasteiger partial charge on any atom is -0.381 e. The zero-order chi connectivity index (χ0) is 24.5. The van der Waals surface area contributed by atoms with E-state index in [1.54, 1.807) is 25.4 Å². The summed E-state index contributed by atoms with van der Waals surface area (Å²) >= 11 is 0. The summed E-state index contributed by atoms with van der Waals surface area (Å²) in [6, 6.07) is 19.0. The van der Waals surface area contributed by atoms with Crippen LogP contribution in [0.5, 0.6) is 0 Å². The van der Waals surface area contributed by atoms with Crippen molar-refractivity contribution in [1.29, 1.82) is 0 Å². The SMILES string of the molecule is CNC(=O)c1cnc(Nc2ccc(C(=O)NCC3CCOCC3)cc2)cc1NCc1ccccc1. The number of rotatable bonds is 9. The number of benzene rings is 2. The van der Waals surface area contributed by atoms with Gasteiger partial charge in [-0.25, -0.2) is 4.98 Å². The average Bonchev–Trinajstić information content (AvgIpc) is 2.92. The van der Waals surface area contributed by atoms with Gasteiger partial charge in [-0.3, -0.25) is 9.59 Å². The predicted octanol–water partition coefficient (Wildman–Crippen LogP) is 3.95. The third-order valence-corrected chi connectivity index (χ3v) is 6.01. The molecular formula is C27H31N5O3. The maximum Gasteiger partial charge on any atom is 0.254 e. The van der Waals surface area contributed by atoms with Crippen molar-refractivity contribution in [3.63, 3.8) is 0 Å². The molecule has 8 nitrogen and oxygen atoms in total. The fourth-order valence-corrected chi connectivity index (χ4v) is 3.92. The summed E-state index contributed by atoms with van der Waals surface area (Å²) in [6.07, 6.45) is 3.51. The highest BCUT2D eigenvalue weighted by molar-refractivity contribution is 5.99. The number of hydrogen-bond donors (Lipinski definition) is 4. The topological polar surface area (TPSA) is 104 Å². The van der Waals surface area contributed by atoms with E-state index in [0.717, 1.165) is 37.3 Å². The Balaban J connectivity index is 1.40. The molecule has 1 aliphatic heterocycles. The van der Waals surface area contributed by atoms with Gasteiger partial charge in [-0.1, -0.05) is 30.3 Å². The summed E-state index contributed by atoms with van der Waals surface area (Å²) in [7, 11) is 1.59. The van der Waals surface area contributed by atoms with Gasteiger partial charge in [0.1, 0.15) is 5.82 Å². The van der Waals surface area contributed by atoms with Crippen LogP contribution in [0.4, 0.5) is 17.2 Å². The zero-order valence-corrected chi connectivity index (χ0v) is 19.8. The van der Waals surface area contributed by atoms with Crippen LogP contribution in [0, 0.1) is 5.92 Å². The molecule has 0 bridgehead atoms. The number of carbonyl (C=O) groups excluding carboxylic acids is 2. The molecule has 1 saturated heterocycles. The molecule has 1 aliphatic rings. The first kappa shape index (κ1) is 24.2. The maximum absolute atomic E-state index is 12.5. The minimum atomic E-state index is -0.212. The lowest BCUT2D eigenvalue weighted by molar-refractivity contribution is 0.0642. The van der Waals surface area contributed by atoms with Crippen molar-refractivity contribution >= 4 is 29.0 Å². The number of anilines is 3. The Morgan fingerprint density at radius 1 is 1.00 bits per heavy atom. The number of ether oxygens (including phenoxy) is 1. The lowest BCUT2D eigenvalue weighted by Crippen LogP contribution is -2.32. The summed E-state index contributed by atoms with van der Waals surface area (Å²) in [5.41, 5.74) is 3.64. The number of hydrogen-bond acceptors (Lipinski definition) is 6. The van der Waals surface area contributed by atoms with E-state index in [-0.39, 0.29) is 11.8 Å². The molecule has 0 radical (unpaired) electrons. The van der Waals surface area contributed by atoms with Gasteiger partial charge in [-0.2, -0.15) is 0 Å². The molecule has 4 rings (SSSR count). The lowest BCUT2D eigenvalue weighted by Gasteiger charge is -2.22. The molecule has 2 heterocycles. The van der Waals surface area contributed by atoms with Crippen LogP contribution in [-0.4, -0.2) is 43.6 Å². The van der Waals surface area contributed by atoms with E-state index in [2.05, 4.69) is 26.3 Å². The molecule has 4 N–H and O–H groups in total. The third kappa shape index (κ3) is 6.80. The first-order valence-electron chi connectivity index (χ1n) is 11.9. The average molecular weight is 474 g/mol. The van der Waals surface area contributed by atoms with Gasteiger partial charge in [0.25, 0.3) is 11.8 Å². The number of carbonyl (C=O) groups is 2. The van der Waals surface area contributed by atoms with Gasteiger partial charge in [-0.05, 0) is 48.6 Å². The number of aromatic nitrogens is 1. The van der Waals surface area contributed by atoms with Crippen LogP contribution in [-0.2, 0) is 11.3 Å². The highest BCUT2D eigenvalue weighted by atomic mass is 16.5. The van der Waals surface area contributed by atoms with Gasteiger partial charge in [0.2, 0.25) is 0 Å². The van der Waals surface area contributed by atoms with Crippen LogP contribution in [0.15, 0.2) is 66.9 Å². The monoisotopic (exact) mass is 473 g/mol. The fraction of sp³-hybridized carbons (Fsp3) is 0.296. The van der Waals surface area contributed by atoms with Crippen molar-refractivity contribution in [1.82, 2.24) is 15.6 Å². The van der Waals surface area contributed by atoms with E-state index in [9.17, 15) is 9.59 Å². The van der Waals surface area contributed by atoms with Gasteiger partial charge < -0.3 is 26.0 Å². The van der Waals surface area contributed by atoms with E-state index in [0.29, 0.717) is 41.6 Å². The van der Waals surface area contributed by atoms with Gasteiger partial charge in [0, 0.05) is 56.9 Å². The van der Waals surface area contributed by atoms with E-state index in [1.165, 1.54) is 0 Å². The Morgan fingerprint density at radius 2 is 1.74 bits per heavy atom. The van der Waals surface area contributed by atoms with Crippen LogP contribution >= 0.6 is 0 Å². The van der Waals surface area contributed by atoms with Gasteiger partial charge >= 0.3 is 0 Å². The zero-order valence-electron chi connectivity index (χ0n) is 19.8. The smallest absolute Gasteiger partial charge is 0.254 e. The Kier molecular flexibility index (Phi) is 8.30. The quantitative estimate of drug-likeness (QED) is 0.375. The first-order valence-corrected chi connectivity index (χ1v) is 11.9. The van der Waals surface area contributed by atoms with E-state index in [4.69, 9.17) is 4.74 Å². The van der Waals surface area contributed by atoms with Crippen molar-refractivity contribution in [2.24, 2.45) is 5.92 Å². The van der Waals surface area contributed by atoms with Crippen LogP contribution < -0.4 is 21.3 Å². The first-order chi connectivity index (χ1) is 17.1. The molecule has 8 heteroatoms. The van der Waals surface area contributed by atoms with Crippen molar-refractivity contribution < 1.29 is 14.3 Å².